The van der Waals surface area contributed by atoms with Gasteiger partial charge in [0.1, 0.15) is 0 Å². The predicted molar refractivity (Wildman–Crippen MR) is 67.0 cm³/mol. The maximum atomic E-state index is 13.0. The van der Waals surface area contributed by atoms with Gasteiger partial charge in [-0.2, -0.15) is 13.2 Å². The molecule has 1 aliphatic rings. The van der Waals surface area contributed by atoms with Crippen LogP contribution in [0.1, 0.15) is 24.8 Å². The van der Waals surface area contributed by atoms with E-state index in [2.05, 4.69) is 5.32 Å². The molecular formula is C14H16F3NO2. The van der Waals surface area contributed by atoms with Gasteiger partial charge >= 0.3 is 12.1 Å². The van der Waals surface area contributed by atoms with E-state index in [0.29, 0.717) is 6.54 Å². The van der Waals surface area contributed by atoms with E-state index in [1.165, 1.54) is 0 Å². The quantitative estimate of drug-likeness (QED) is 0.895. The molecule has 0 aromatic heterocycles. The van der Waals surface area contributed by atoms with Crippen molar-refractivity contribution in [2.24, 2.45) is 5.41 Å². The van der Waals surface area contributed by atoms with Gasteiger partial charge in [-0.05, 0) is 24.8 Å². The molecule has 1 aliphatic carbocycles. The first-order valence-electron chi connectivity index (χ1n) is 6.42. The van der Waals surface area contributed by atoms with Gasteiger partial charge in [-0.15, -0.1) is 0 Å². The fourth-order valence-electron chi connectivity index (χ4n) is 2.65. The first kappa shape index (κ1) is 14.8. The van der Waals surface area contributed by atoms with Gasteiger partial charge in [-0.1, -0.05) is 30.3 Å². The Morgan fingerprint density at radius 2 is 2.00 bits per heavy atom. The van der Waals surface area contributed by atoms with E-state index in [4.69, 9.17) is 5.11 Å². The number of carbonyl (C=O) groups is 1. The number of carboxylic acid groups (broad SMARTS) is 1. The van der Waals surface area contributed by atoms with Crippen molar-refractivity contribution in [2.45, 2.75) is 38.0 Å². The monoisotopic (exact) mass is 287 g/mol. The Kier molecular flexibility index (Phi) is 4.04. The van der Waals surface area contributed by atoms with Crippen LogP contribution in [0.5, 0.6) is 0 Å². The topological polar surface area (TPSA) is 49.3 Å². The van der Waals surface area contributed by atoms with Gasteiger partial charge in [0, 0.05) is 12.6 Å². The number of alkyl halides is 3. The predicted octanol–water partition coefficient (Wildman–Crippen LogP) is 2.96. The number of halogens is 3. The molecule has 1 saturated carbocycles. The molecule has 0 aliphatic heterocycles. The smallest absolute Gasteiger partial charge is 0.404 e. The van der Waals surface area contributed by atoms with Gasteiger partial charge in [0.15, 0.2) is 5.41 Å². The van der Waals surface area contributed by atoms with E-state index in [1.807, 2.05) is 30.3 Å². The lowest BCUT2D eigenvalue weighted by Gasteiger charge is -2.27. The zero-order valence-corrected chi connectivity index (χ0v) is 10.8. The van der Waals surface area contributed by atoms with E-state index in [0.717, 1.165) is 5.56 Å². The van der Waals surface area contributed by atoms with Gasteiger partial charge < -0.3 is 10.4 Å². The molecule has 20 heavy (non-hydrogen) atoms. The minimum absolute atomic E-state index is 0.221. The second kappa shape index (κ2) is 5.44. The highest BCUT2D eigenvalue weighted by Crippen LogP contribution is 2.50. The highest BCUT2D eigenvalue weighted by molar-refractivity contribution is 5.76. The third kappa shape index (κ3) is 2.80. The minimum atomic E-state index is -4.71. The van der Waals surface area contributed by atoms with Crippen molar-refractivity contribution < 1.29 is 23.1 Å². The molecule has 1 aromatic rings. The van der Waals surface area contributed by atoms with Crippen molar-refractivity contribution in [3.63, 3.8) is 0 Å². The summed E-state index contributed by atoms with van der Waals surface area (Å²) in [7, 11) is 0. The summed E-state index contributed by atoms with van der Waals surface area (Å²) in [6.45, 7) is 0.444. The zero-order valence-electron chi connectivity index (χ0n) is 10.8. The van der Waals surface area contributed by atoms with E-state index >= 15 is 0 Å². The van der Waals surface area contributed by atoms with Crippen LogP contribution >= 0.6 is 0 Å². The van der Waals surface area contributed by atoms with Crippen LogP contribution in [0.15, 0.2) is 30.3 Å². The number of rotatable bonds is 4. The Hall–Kier alpha value is -1.56. The summed E-state index contributed by atoms with van der Waals surface area (Å²) in [6.07, 6.45) is -5.25. The summed E-state index contributed by atoms with van der Waals surface area (Å²) in [6, 6.07) is 8.88. The second-order valence-corrected chi connectivity index (χ2v) is 5.19. The van der Waals surface area contributed by atoms with Crippen LogP contribution in [0, 0.1) is 5.41 Å². The molecule has 0 heterocycles. The molecule has 1 aromatic carbocycles. The third-order valence-corrected chi connectivity index (χ3v) is 3.90. The first-order chi connectivity index (χ1) is 9.35. The Morgan fingerprint density at radius 1 is 1.35 bits per heavy atom. The van der Waals surface area contributed by atoms with Gasteiger partial charge in [-0.3, -0.25) is 4.79 Å². The van der Waals surface area contributed by atoms with Crippen LogP contribution in [0.4, 0.5) is 13.2 Å². The van der Waals surface area contributed by atoms with Crippen LogP contribution in [0.2, 0.25) is 0 Å². The lowest BCUT2D eigenvalue weighted by Crippen LogP contribution is -2.44. The zero-order chi connectivity index (χ0) is 14.8. The van der Waals surface area contributed by atoms with Gasteiger partial charge in [0.25, 0.3) is 0 Å². The Bertz CT molecular complexity index is 475. The minimum Gasteiger partial charge on any atom is -0.481 e. The van der Waals surface area contributed by atoms with E-state index in [-0.39, 0.29) is 12.8 Å². The molecule has 0 saturated heterocycles. The number of carboxylic acids is 1. The Balaban J connectivity index is 1.99. The van der Waals surface area contributed by atoms with Gasteiger partial charge in [0.2, 0.25) is 0 Å². The molecule has 0 spiro atoms. The van der Waals surface area contributed by atoms with Crippen LogP contribution in [-0.4, -0.2) is 23.3 Å². The fourth-order valence-corrected chi connectivity index (χ4v) is 2.65. The number of aliphatic carboxylic acids is 1. The summed E-state index contributed by atoms with van der Waals surface area (Å²) in [5.41, 5.74) is -1.63. The number of nitrogens with one attached hydrogen (secondary N) is 1. The number of benzene rings is 1. The van der Waals surface area contributed by atoms with Crippen molar-refractivity contribution in [3.05, 3.63) is 35.9 Å². The normalized spacial score (nSPS) is 26.6. The second-order valence-electron chi connectivity index (χ2n) is 5.19. The summed E-state index contributed by atoms with van der Waals surface area (Å²) in [5, 5.41) is 12.0. The average Bonchev–Trinajstić information content (AvgIpc) is 2.83. The summed E-state index contributed by atoms with van der Waals surface area (Å²) < 4.78 is 39.0. The van der Waals surface area contributed by atoms with Crippen molar-refractivity contribution in [1.82, 2.24) is 5.32 Å². The number of hydrogen-bond acceptors (Lipinski definition) is 2. The third-order valence-electron chi connectivity index (χ3n) is 3.90. The average molecular weight is 287 g/mol. The Morgan fingerprint density at radius 3 is 2.50 bits per heavy atom. The lowest BCUT2D eigenvalue weighted by atomic mass is 9.85. The molecule has 2 atom stereocenters. The van der Waals surface area contributed by atoms with Crippen molar-refractivity contribution in [1.29, 1.82) is 0 Å². The van der Waals surface area contributed by atoms with Crippen LogP contribution < -0.4 is 5.32 Å². The Labute approximate surface area is 114 Å². The molecule has 110 valence electrons. The molecular weight excluding hydrogens is 271 g/mol. The van der Waals surface area contributed by atoms with E-state index in [9.17, 15) is 18.0 Å². The maximum absolute atomic E-state index is 13.0. The van der Waals surface area contributed by atoms with Crippen molar-refractivity contribution in [2.75, 3.05) is 0 Å². The highest BCUT2D eigenvalue weighted by atomic mass is 19.4. The van der Waals surface area contributed by atoms with Crippen LogP contribution in [-0.2, 0) is 11.3 Å². The molecule has 0 bridgehead atoms. The van der Waals surface area contributed by atoms with Crippen molar-refractivity contribution >= 4 is 5.97 Å². The lowest BCUT2D eigenvalue weighted by molar-refractivity contribution is -0.230. The molecule has 2 N–H and O–H groups in total. The SMILES string of the molecule is O=C(O)[C@]1(C(F)(F)F)CC[C@H](NCc2ccccc2)C1. The fraction of sp³-hybridized carbons (Fsp3) is 0.500. The van der Waals surface area contributed by atoms with Crippen LogP contribution in [0.25, 0.3) is 0 Å². The van der Waals surface area contributed by atoms with Crippen LogP contribution in [0.3, 0.4) is 0 Å². The molecule has 6 heteroatoms. The summed E-state index contributed by atoms with van der Waals surface area (Å²) >= 11 is 0. The first-order valence-corrected chi connectivity index (χ1v) is 6.42. The molecule has 1 fully saturated rings. The van der Waals surface area contributed by atoms with E-state index < -0.39 is 30.0 Å². The molecule has 3 nitrogen and oxygen atoms in total. The largest absolute Gasteiger partial charge is 0.481 e. The maximum Gasteiger partial charge on any atom is 0.404 e. The summed E-state index contributed by atoms with van der Waals surface area (Å²) in [5.74, 6) is -1.77. The molecule has 0 amide bonds. The highest BCUT2D eigenvalue weighted by Gasteiger charge is 2.63. The molecule has 0 unspecified atom stereocenters. The molecule has 2 rings (SSSR count). The van der Waals surface area contributed by atoms with Crippen molar-refractivity contribution in [3.8, 4) is 0 Å². The molecule has 0 radical (unpaired) electrons. The van der Waals surface area contributed by atoms with E-state index in [1.54, 1.807) is 0 Å². The standard InChI is InChI=1S/C14H16F3NO2/c15-14(16,17)13(12(19)20)7-6-11(8-13)18-9-10-4-2-1-3-5-10/h1-5,11,18H,6-9H2,(H,19,20)/t11-,13-/m0/s1. The summed E-state index contributed by atoms with van der Waals surface area (Å²) in [4.78, 5) is 11.0. The van der Waals surface area contributed by atoms with Gasteiger partial charge in [-0.25, -0.2) is 0 Å². The number of hydrogen-bond donors (Lipinski definition) is 2. The van der Waals surface area contributed by atoms with Gasteiger partial charge in [0.05, 0.1) is 0 Å².